The Bertz CT molecular complexity index is 1570. The Hall–Kier alpha value is -3.71. The molecule has 3 aromatic rings. The Kier molecular flexibility index (Phi) is 7.36. The van der Waals surface area contributed by atoms with Gasteiger partial charge in [-0.2, -0.15) is 13.2 Å². The molecule has 9 nitrogen and oxygen atoms in total. The number of carbonyl (C=O) groups is 1. The molecule has 1 spiro atoms. The van der Waals surface area contributed by atoms with Crippen molar-refractivity contribution in [2.45, 2.75) is 57.4 Å². The first kappa shape index (κ1) is 29.4. The van der Waals surface area contributed by atoms with Crippen molar-refractivity contribution in [2.75, 3.05) is 45.3 Å². The maximum Gasteiger partial charge on any atom is 0.419 e. The van der Waals surface area contributed by atoms with E-state index in [4.69, 9.17) is 14.2 Å². The van der Waals surface area contributed by atoms with Gasteiger partial charge in [-0.25, -0.2) is 19.2 Å². The van der Waals surface area contributed by atoms with Crippen molar-refractivity contribution in [3.63, 3.8) is 0 Å². The summed E-state index contributed by atoms with van der Waals surface area (Å²) in [6, 6.07) is 4.84. The fraction of sp³-hybridized carbons (Fsp3) is 0.500. The summed E-state index contributed by atoms with van der Waals surface area (Å²) < 4.78 is 72.3. The minimum Gasteiger partial charge on any atom is -0.493 e. The molecule has 2 aromatic carbocycles. The summed E-state index contributed by atoms with van der Waals surface area (Å²) in [6.45, 7) is 8.15. The average molecular weight is 604 g/mol. The van der Waals surface area contributed by atoms with Crippen molar-refractivity contribution in [3.8, 4) is 11.5 Å². The molecule has 1 aliphatic carbocycles. The van der Waals surface area contributed by atoms with Crippen molar-refractivity contribution in [1.82, 2.24) is 19.8 Å². The molecular formula is C30H33F4N5O4. The van der Waals surface area contributed by atoms with Gasteiger partial charge in [-0.3, -0.25) is 9.80 Å². The molecule has 230 valence electrons. The maximum atomic E-state index is 15.1. The topological polar surface area (TPSA) is 89.0 Å². The second-order valence-corrected chi connectivity index (χ2v) is 11.6. The van der Waals surface area contributed by atoms with Gasteiger partial charge in [-0.15, -0.1) is 0 Å². The summed E-state index contributed by atoms with van der Waals surface area (Å²) in [5.74, 6) is -0.287. The smallest absolute Gasteiger partial charge is 0.419 e. The minimum absolute atomic E-state index is 0.148. The van der Waals surface area contributed by atoms with Gasteiger partial charge in [0.25, 0.3) is 0 Å². The molecule has 1 saturated carbocycles. The molecule has 0 radical (unpaired) electrons. The highest BCUT2D eigenvalue weighted by molar-refractivity contribution is 5.92. The van der Waals surface area contributed by atoms with E-state index in [1.54, 1.807) is 30.9 Å². The van der Waals surface area contributed by atoms with E-state index in [2.05, 4.69) is 20.2 Å². The van der Waals surface area contributed by atoms with Crippen LogP contribution in [-0.4, -0.2) is 77.4 Å². The molecular weight excluding hydrogens is 570 g/mol. The molecule has 1 amide bonds. The Morgan fingerprint density at radius 2 is 1.86 bits per heavy atom. The summed E-state index contributed by atoms with van der Waals surface area (Å²) in [7, 11) is 1.45. The van der Waals surface area contributed by atoms with Gasteiger partial charge in [0.2, 0.25) is 0 Å². The van der Waals surface area contributed by atoms with Gasteiger partial charge in [0.15, 0.2) is 11.5 Å². The van der Waals surface area contributed by atoms with Crippen LogP contribution in [0.1, 0.15) is 48.3 Å². The van der Waals surface area contributed by atoms with Crippen LogP contribution >= 0.6 is 0 Å². The number of methoxy groups -OCH3 is 1. The summed E-state index contributed by atoms with van der Waals surface area (Å²) >= 11 is 0. The zero-order valence-electron chi connectivity index (χ0n) is 24.3. The monoisotopic (exact) mass is 603 g/mol. The van der Waals surface area contributed by atoms with Crippen LogP contribution in [0, 0.1) is 19.7 Å². The average Bonchev–Trinajstić information content (AvgIpc) is 3.66. The number of piperazine rings is 1. The van der Waals surface area contributed by atoms with E-state index in [1.165, 1.54) is 20.1 Å². The van der Waals surface area contributed by atoms with E-state index in [0.717, 1.165) is 32.0 Å². The summed E-state index contributed by atoms with van der Waals surface area (Å²) in [5.41, 5.74) is -1.01. The van der Waals surface area contributed by atoms with Gasteiger partial charge in [-0.05, 0) is 51.3 Å². The highest BCUT2D eigenvalue weighted by Crippen LogP contribution is 2.46. The van der Waals surface area contributed by atoms with Gasteiger partial charge >= 0.3 is 12.3 Å². The Labute approximate surface area is 246 Å². The molecule has 1 atom stereocenters. The van der Waals surface area contributed by atoms with Gasteiger partial charge in [0.05, 0.1) is 49.0 Å². The number of anilines is 1. The molecule has 43 heavy (non-hydrogen) atoms. The number of benzene rings is 2. The van der Waals surface area contributed by atoms with Crippen LogP contribution in [0.2, 0.25) is 0 Å². The number of halogens is 4. The lowest BCUT2D eigenvalue weighted by atomic mass is 10.00. The number of ether oxygens (including phenoxy) is 3. The lowest BCUT2D eigenvalue weighted by Gasteiger charge is -2.46. The molecule has 0 unspecified atom stereocenters. The molecule has 2 aliphatic heterocycles. The van der Waals surface area contributed by atoms with Crippen LogP contribution in [0.4, 0.5) is 28.2 Å². The largest absolute Gasteiger partial charge is 0.493 e. The number of fused-ring (bicyclic) bond motifs is 1. The molecule has 0 bridgehead atoms. The zero-order chi connectivity index (χ0) is 30.7. The summed E-state index contributed by atoms with van der Waals surface area (Å²) in [5, 5.41) is 3.49. The SMILES string of the molecule is COc1cc2nc(C)nc(N[C@H](C)c3cc(C)cc(C(F)(F)F)c3F)c2cc1OC(=O)N1CCN(C2COC2)CC12CC2. The number of nitrogens with one attached hydrogen (secondary N) is 1. The molecule has 3 heterocycles. The quantitative estimate of drug-likeness (QED) is 0.363. The number of alkyl halides is 3. The zero-order valence-corrected chi connectivity index (χ0v) is 24.3. The van der Waals surface area contributed by atoms with E-state index in [-0.39, 0.29) is 34.0 Å². The first-order valence-corrected chi connectivity index (χ1v) is 14.2. The minimum atomic E-state index is -4.84. The number of hydrogen-bond donors (Lipinski definition) is 1. The fourth-order valence-electron chi connectivity index (χ4n) is 5.96. The molecule has 2 saturated heterocycles. The van der Waals surface area contributed by atoms with Crippen LogP contribution in [0.3, 0.4) is 0 Å². The number of aryl methyl sites for hydroxylation is 2. The first-order valence-electron chi connectivity index (χ1n) is 14.2. The third kappa shape index (κ3) is 5.55. The van der Waals surface area contributed by atoms with Crippen molar-refractivity contribution >= 4 is 22.8 Å². The van der Waals surface area contributed by atoms with E-state index < -0.39 is 29.7 Å². The van der Waals surface area contributed by atoms with Gasteiger partial charge in [-0.1, -0.05) is 6.07 Å². The number of hydrogen-bond acceptors (Lipinski definition) is 8. The number of nitrogens with zero attached hydrogens (tertiary/aromatic N) is 4. The second kappa shape index (κ2) is 10.8. The first-order chi connectivity index (χ1) is 20.4. The Balaban J connectivity index is 1.29. The number of aromatic nitrogens is 2. The normalized spacial score (nSPS) is 19.3. The standard InChI is InChI=1S/C30H33F4N5O4/c1-16-9-20(26(31)22(10-16)30(32,33)34)17(2)35-27-21-11-25(24(41-4)12-23(21)36-18(3)37-27)43-28(40)39-8-7-38(19-13-42-14-19)15-29(39)5-6-29/h9-12,17,19H,5-8,13-15H2,1-4H3,(H,35,36,37)/t17-/m1/s1. The Morgan fingerprint density at radius 1 is 1.12 bits per heavy atom. The molecule has 3 fully saturated rings. The lowest BCUT2D eigenvalue weighted by molar-refractivity contribution is -0.140. The molecule has 1 aromatic heterocycles. The predicted molar refractivity (Wildman–Crippen MR) is 150 cm³/mol. The lowest BCUT2D eigenvalue weighted by Crippen LogP contribution is -2.62. The molecule has 13 heteroatoms. The van der Waals surface area contributed by atoms with Crippen molar-refractivity contribution < 1.29 is 36.6 Å². The van der Waals surface area contributed by atoms with Crippen LogP contribution in [0.15, 0.2) is 24.3 Å². The Morgan fingerprint density at radius 3 is 2.49 bits per heavy atom. The second-order valence-electron chi connectivity index (χ2n) is 11.6. The van der Waals surface area contributed by atoms with Crippen molar-refractivity contribution in [1.29, 1.82) is 0 Å². The third-order valence-electron chi connectivity index (χ3n) is 8.53. The van der Waals surface area contributed by atoms with Gasteiger partial charge in [0, 0.05) is 36.7 Å². The predicted octanol–water partition coefficient (Wildman–Crippen LogP) is 5.63. The van der Waals surface area contributed by atoms with Crippen LogP contribution in [0.5, 0.6) is 11.5 Å². The number of rotatable bonds is 6. The summed E-state index contributed by atoms with van der Waals surface area (Å²) in [4.78, 5) is 26.6. The highest BCUT2D eigenvalue weighted by Gasteiger charge is 2.55. The van der Waals surface area contributed by atoms with Gasteiger partial charge < -0.3 is 19.5 Å². The van der Waals surface area contributed by atoms with Crippen LogP contribution in [0.25, 0.3) is 10.9 Å². The van der Waals surface area contributed by atoms with E-state index >= 15 is 4.39 Å². The van der Waals surface area contributed by atoms with Gasteiger partial charge in [0.1, 0.15) is 17.5 Å². The van der Waals surface area contributed by atoms with E-state index in [0.29, 0.717) is 42.5 Å². The highest BCUT2D eigenvalue weighted by atomic mass is 19.4. The van der Waals surface area contributed by atoms with E-state index in [1.807, 2.05) is 0 Å². The fourth-order valence-corrected chi connectivity index (χ4v) is 5.96. The number of amides is 1. The number of carbonyl (C=O) groups excluding carboxylic acids is 1. The summed E-state index contributed by atoms with van der Waals surface area (Å²) in [6.07, 6.45) is -3.54. The van der Waals surface area contributed by atoms with Crippen LogP contribution < -0.4 is 14.8 Å². The molecule has 6 rings (SSSR count). The van der Waals surface area contributed by atoms with Crippen molar-refractivity contribution in [2.24, 2.45) is 0 Å². The maximum absolute atomic E-state index is 15.1. The van der Waals surface area contributed by atoms with Crippen LogP contribution in [-0.2, 0) is 10.9 Å². The van der Waals surface area contributed by atoms with E-state index in [9.17, 15) is 18.0 Å². The third-order valence-corrected chi connectivity index (χ3v) is 8.53. The molecule has 3 aliphatic rings. The molecule has 1 N–H and O–H groups in total. The van der Waals surface area contributed by atoms with Crippen molar-refractivity contribution in [3.05, 3.63) is 52.6 Å².